The monoisotopic (exact) mass is 398 g/mol. The number of hydrogen-bond donors (Lipinski definition) is 2. The van der Waals surface area contributed by atoms with Crippen molar-refractivity contribution in [3.63, 3.8) is 0 Å². The average molecular weight is 398 g/mol. The zero-order chi connectivity index (χ0) is 20.3. The molecule has 0 unspecified atom stereocenters. The van der Waals surface area contributed by atoms with Gasteiger partial charge in [-0.3, -0.25) is 0 Å². The number of urea groups is 1. The molecule has 4 rings (SSSR count). The first-order chi connectivity index (χ1) is 14.0. The van der Waals surface area contributed by atoms with Crippen LogP contribution in [0.15, 0.2) is 48.5 Å². The molecule has 154 valence electrons. The minimum absolute atomic E-state index is 0.0773. The summed E-state index contributed by atoms with van der Waals surface area (Å²) in [5, 5.41) is 13.5. The van der Waals surface area contributed by atoms with E-state index < -0.39 is 5.60 Å². The van der Waals surface area contributed by atoms with Gasteiger partial charge in [0.05, 0.1) is 5.60 Å². The lowest BCUT2D eigenvalue weighted by Gasteiger charge is -2.38. The van der Waals surface area contributed by atoms with Crippen LogP contribution < -0.4 is 10.1 Å². The summed E-state index contributed by atoms with van der Waals surface area (Å²) in [4.78, 5) is 14.2. The molecule has 1 heterocycles. The normalized spacial score (nSPS) is 18.3. The Morgan fingerprint density at radius 2 is 1.69 bits per heavy atom. The number of hydrogen-bond acceptors (Lipinski definition) is 3. The highest BCUT2D eigenvalue weighted by Gasteiger charge is 2.45. The summed E-state index contributed by atoms with van der Waals surface area (Å²) in [6, 6.07) is 13.7. The SMILES string of the molecule is O=C(NCc1ccc(COc2ccc(F)cc2)cc1)N1CCC(O)(C2CC2)CC1. The molecule has 2 aliphatic rings. The standard InChI is InChI=1S/C23H27FN2O3/c24-20-7-9-21(10-8-20)29-16-18-3-1-17(2-4-18)15-25-22(27)26-13-11-23(28,12-14-26)19-5-6-19/h1-4,7-10,19,28H,5-6,11-16H2,(H,25,27). The lowest BCUT2D eigenvalue weighted by atomic mass is 9.87. The molecule has 1 aliphatic carbocycles. The Morgan fingerprint density at radius 3 is 2.31 bits per heavy atom. The molecule has 0 aromatic heterocycles. The number of ether oxygens (including phenoxy) is 1. The second kappa shape index (κ2) is 8.41. The highest BCUT2D eigenvalue weighted by molar-refractivity contribution is 5.74. The van der Waals surface area contributed by atoms with E-state index in [1.165, 1.54) is 12.1 Å². The molecular weight excluding hydrogens is 371 g/mol. The smallest absolute Gasteiger partial charge is 0.317 e. The van der Waals surface area contributed by atoms with Crippen molar-refractivity contribution >= 4 is 6.03 Å². The maximum atomic E-state index is 12.9. The first-order valence-corrected chi connectivity index (χ1v) is 10.2. The summed E-state index contributed by atoms with van der Waals surface area (Å²) in [5.74, 6) is 0.781. The van der Waals surface area contributed by atoms with Crippen LogP contribution in [0.5, 0.6) is 5.75 Å². The van der Waals surface area contributed by atoms with Crippen LogP contribution in [0.3, 0.4) is 0 Å². The Bertz CT molecular complexity index is 826. The zero-order valence-corrected chi connectivity index (χ0v) is 16.4. The van der Waals surface area contributed by atoms with Gasteiger partial charge in [-0.25, -0.2) is 9.18 Å². The lowest BCUT2D eigenvalue weighted by molar-refractivity contribution is -0.0307. The summed E-state index contributed by atoms with van der Waals surface area (Å²) in [7, 11) is 0. The topological polar surface area (TPSA) is 61.8 Å². The van der Waals surface area contributed by atoms with Gasteiger partial charge in [0.15, 0.2) is 0 Å². The highest BCUT2D eigenvalue weighted by Crippen LogP contribution is 2.44. The minimum atomic E-state index is -0.553. The van der Waals surface area contributed by atoms with Gasteiger partial charge in [0.2, 0.25) is 0 Å². The third kappa shape index (κ3) is 5.07. The van der Waals surface area contributed by atoms with Gasteiger partial charge in [0, 0.05) is 19.6 Å². The molecule has 2 fully saturated rings. The van der Waals surface area contributed by atoms with Crippen LogP contribution in [-0.2, 0) is 13.2 Å². The van der Waals surface area contributed by atoms with Gasteiger partial charge in [-0.05, 0) is 67.0 Å². The van der Waals surface area contributed by atoms with Crippen LogP contribution in [0.2, 0.25) is 0 Å². The molecule has 0 atom stereocenters. The lowest BCUT2D eigenvalue weighted by Crippen LogP contribution is -2.50. The number of halogens is 1. The van der Waals surface area contributed by atoms with Gasteiger partial charge in [-0.2, -0.15) is 0 Å². The number of likely N-dealkylation sites (tertiary alicyclic amines) is 1. The molecule has 2 N–H and O–H groups in total. The molecule has 0 bridgehead atoms. The maximum Gasteiger partial charge on any atom is 0.317 e. The summed E-state index contributed by atoms with van der Waals surface area (Å²) in [6.45, 7) is 2.08. The fraction of sp³-hybridized carbons (Fsp3) is 0.435. The Hall–Kier alpha value is -2.60. The van der Waals surface area contributed by atoms with Gasteiger partial charge in [0.25, 0.3) is 0 Å². The Morgan fingerprint density at radius 1 is 1.07 bits per heavy atom. The van der Waals surface area contributed by atoms with E-state index in [1.54, 1.807) is 17.0 Å². The Balaban J connectivity index is 1.20. The van der Waals surface area contributed by atoms with E-state index >= 15 is 0 Å². The number of rotatable bonds is 6. The number of carbonyl (C=O) groups excluding carboxylic acids is 1. The summed E-state index contributed by atoms with van der Waals surface area (Å²) in [5.41, 5.74) is 1.46. The molecule has 29 heavy (non-hydrogen) atoms. The number of nitrogens with zero attached hydrogens (tertiary/aromatic N) is 1. The Labute approximate surface area is 170 Å². The largest absolute Gasteiger partial charge is 0.489 e. The minimum Gasteiger partial charge on any atom is -0.489 e. The van der Waals surface area contributed by atoms with Gasteiger partial charge < -0.3 is 20.1 Å². The van der Waals surface area contributed by atoms with E-state index in [-0.39, 0.29) is 11.8 Å². The van der Waals surface area contributed by atoms with Crippen LogP contribution in [0.25, 0.3) is 0 Å². The van der Waals surface area contributed by atoms with E-state index in [2.05, 4.69) is 5.32 Å². The van der Waals surface area contributed by atoms with Crippen molar-refractivity contribution in [3.8, 4) is 5.75 Å². The van der Waals surface area contributed by atoms with Crippen molar-refractivity contribution in [2.24, 2.45) is 5.92 Å². The van der Waals surface area contributed by atoms with E-state index in [4.69, 9.17) is 4.74 Å². The van der Waals surface area contributed by atoms with Crippen LogP contribution in [0, 0.1) is 11.7 Å². The fourth-order valence-electron chi connectivity index (χ4n) is 3.87. The fourth-order valence-corrected chi connectivity index (χ4v) is 3.87. The molecule has 2 aromatic carbocycles. The molecule has 1 aliphatic heterocycles. The first-order valence-electron chi connectivity index (χ1n) is 10.2. The summed E-state index contributed by atoms with van der Waals surface area (Å²) >= 11 is 0. The second-order valence-electron chi connectivity index (χ2n) is 8.08. The number of aliphatic hydroxyl groups is 1. The van der Waals surface area contributed by atoms with Gasteiger partial charge in [0.1, 0.15) is 18.2 Å². The zero-order valence-electron chi connectivity index (χ0n) is 16.4. The van der Waals surface area contributed by atoms with Crippen molar-refractivity contribution in [2.45, 2.75) is 44.4 Å². The van der Waals surface area contributed by atoms with Crippen molar-refractivity contribution in [3.05, 3.63) is 65.5 Å². The van der Waals surface area contributed by atoms with Crippen LogP contribution in [-0.4, -0.2) is 34.7 Å². The summed E-state index contributed by atoms with van der Waals surface area (Å²) in [6.07, 6.45) is 3.59. The molecule has 0 spiro atoms. The summed E-state index contributed by atoms with van der Waals surface area (Å²) < 4.78 is 18.6. The molecule has 1 saturated carbocycles. The number of amides is 2. The van der Waals surface area contributed by atoms with Crippen LogP contribution >= 0.6 is 0 Å². The number of nitrogens with one attached hydrogen (secondary N) is 1. The quantitative estimate of drug-likeness (QED) is 0.777. The third-order valence-corrected chi connectivity index (χ3v) is 5.94. The molecule has 0 radical (unpaired) electrons. The number of carbonyl (C=O) groups is 1. The molecular formula is C23H27FN2O3. The third-order valence-electron chi connectivity index (χ3n) is 5.94. The highest BCUT2D eigenvalue weighted by atomic mass is 19.1. The van der Waals surface area contributed by atoms with Crippen molar-refractivity contribution in [1.82, 2.24) is 10.2 Å². The van der Waals surface area contributed by atoms with E-state index in [0.717, 1.165) is 24.0 Å². The van der Waals surface area contributed by atoms with Crippen LogP contribution in [0.4, 0.5) is 9.18 Å². The first kappa shape index (κ1) is 19.7. The second-order valence-corrected chi connectivity index (χ2v) is 8.08. The molecule has 2 amide bonds. The van der Waals surface area contributed by atoms with E-state index in [9.17, 15) is 14.3 Å². The predicted molar refractivity (Wildman–Crippen MR) is 108 cm³/mol. The van der Waals surface area contributed by atoms with Crippen molar-refractivity contribution in [1.29, 1.82) is 0 Å². The van der Waals surface area contributed by atoms with Gasteiger partial charge in [-0.1, -0.05) is 24.3 Å². The van der Waals surface area contributed by atoms with Crippen LogP contribution in [0.1, 0.15) is 36.8 Å². The molecule has 1 saturated heterocycles. The van der Waals surface area contributed by atoms with Crippen molar-refractivity contribution < 1.29 is 19.0 Å². The van der Waals surface area contributed by atoms with Gasteiger partial charge in [-0.15, -0.1) is 0 Å². The number of benzene rings is 2. The molecule has 6 heteroatoms. The molecule has 2 aromatic rings. The number of piperidine rings is 1. The van der Waals surface area contributed by atoms with E-state index in [1.807, 2.05) is 24.3 Å². The van der Waals surface area contributed by atoms with E-state index in [0.29, 0.717) is 50.8 Å². The predicted octanol–water partition coefficient (Wildman–Crippen LogP) is 3.85. The maximum absolute atomic E-state index is 12.9. The molecule has 5 nitrogen and oxygen atoms in total. The Kier molecular flexibility index (Phi) is 5.72. The van der Waals surface area contributed by atoms with Gasteiger partial charge >= 0.3 is 6.03 Å². The van der Waals surface area contributed by atoms with Crippen molar-refractivity contribution in [2.75, 3.05) is 13.1 Å². The average Bonchev–Trinajstić information content (AvgIpc) is 3.59.